The van der Waals surface area contributed by atoms with Gasteiger partial charge in [-0.3, -0.25) is 0 Å². The Hall–Kier alpha value is -3.54. The number of benzene rings is 2. The number of hydrogen-bond acceptors (Lipinski definition) is 5. The smallest absolute Gasteiger partial charge is 0.387 e. The number of fused-ring (bicyclic) bond motifs is 1. The molecule has 2 N–H and O–H groups in total. The molecule has 0 bridgehead atoms. The fraction of sp³-hybridized carbons (Fsp3) is 0.300. The minimum absolute atomic E-state index is 0.00863. The van der Waals surface area contributed by atoms with Crippen LogP contribution in [0.2, 0.25) is 0 Å². The molecule has 0 fully saturated rings. The van der Waals surface area contributed by atoms with E-state index >= 15 is 0 Å². The molecule has 0 atom stereocenters. The van der Waals surface area contributed by atoms with Crippen LogP contribution >= 0.6 is 0 Å². The molecule has 2 aromatic carbocycles. The molecule has 0 aliphatic carbocycles. The zero-order valence-corrected chi connectivity index (χ0v) is 15.7. The summed E-state index contributed by atoms with van der Waals surface area (Å²) in [6.07, 6.45) is 0. The zero-order chi connectivity index (χ0) is 20.6. The molecule has 1 aliphatic rings. The lowest BCUT2D eigenvalue weighted by Gasteiger charge is -2.15. The minimum atomic E-state index is -2.96. The summed E-state index contributed by atoms with van der Waals surface area (Å²) in [5.41, 5.74) is 1.92. The zero-order valence-electron chi connectivity index (χ0n) is 15.7. The minimum Gasteiger partial charge on any atom is -0.454 e. The Balaban J connectivity index is 1.73. The lowest BCUT2D eigenvalue weighted by molar-refractivity contribution is -0.0505. The highest BCUT2D eigenvalue weighted by atomic mass is 19.3. The van der Waals surface area contributed by atoms with Crippen LogP contribution in [0.15, 0.2) is 41.4 Å². The van der Waals surface area contributed by atoms with Crippen LogP contribution in [0.5, 0.6) is 17.2 Å². The average molecular weight is 402 g/mol. The first-order chi connectivity index (χ1) is 14.1. The van der Waals surface area contributed by atoms with Gasteiger partial charge in [0, 0.05) is 24.7 Å². The molecule has 0 amide bonds. The Bertz CT molecular complexity index is 928. The Morgan fingerprint density at radius 3 is 2.76 bits per heavy atom. The van der Waals surface area contributed by atoms with Crippen molar-refractivity contribution in [1.29, 1.82) is 5.26 Å². The van der Waals surface area contributed by atoms with Crippen molar-refractivity contribution in [2.75, 3.05) is 13.3 Å². The summed E-state index contributed by atoms with van der Waals surface area (Å²) in [4.78, 5) is 4.48. The second-order valence-corrected chi connectivity index (χ2v) is 6.05. The lowest BCUT2D eigenvalue weighted by Crippen LogP contribution is -2.36. The highest BCUT2D eigenvalue weighted by Crippen LogP contribution is 2.38. The van der Waals surface area contributed by atoms with Crippen LogP contribution in [0.1, 0.15) is 23.6 Å². The topological polar surface area (TPSA) is 87.9 Å². The molecule has 0 spiro atoms. The predicted octanol–water partition coefficient (Wildman–Crippen LogP) is 3.14. The van der Waals surface area contributed by atoms with Crippen molar-refractivity contribution in [3.63, 3.8) is 0 Å². The van der Waals surface area contributed by atoms with Gasteiger partial charge in [-0.25, -0.2) is 4.99 Å². The summed E-state index contributed by atoms with van der Waals surface area (Å²) in [6.45, 7) is 0.148. The second-order valence-electron chi connectivity index (χ2n) is 6.05. The maximum absolute atomic E-state index is 12.8. The molecule has 1 heterocycles. The van der Waals surface area contributed by atoms with Gasteiger partial charge in [0.2, 0.25) is 6.79 Å². The number of rotatable bonds is 7. The van der Waals surface area contributed by atoms with Gasteiger partial charge in [-0.05, 0) is 30.7 Å². The van der Waals surface area contributed by atoms with Crippen LogP contribution in [0.3, 0.4) is 0 Å². The van der Waals surface area contributed by atoms with E-state index in [9.17, 15) is 8.78 Å². The maximum atomic E-state index is 12.8. The van der Waals surface area contributed by atoms with E-state index in [0.29, 0.717) is 41.7 Å². The van der Waals surface area contributed by atoms with Crippen LogP contribution in [0.25, 0.3) is 0 Å². The molecule has 0 unspecified atom stereocenters. The number of halogens is 2. The maximum Gasteiger partial charge on any atom is 0.387 e. The van der Waals surface area contributed by atoms with Gasteiger partial charge >= 0.3 is 6.61 Å². The number of guanidine groups is 1. The van der Waals surface area contributed by atoms with Crippen molar-refractivity contribution in [1.82, 2.24) is 10.6 Å². The highest BCUT2D eigenvalue weighted by molar-refractivity contribution is 5.79. The van der Waals surface area contributed by atoms with E-state index in [1.165, 1.54) is 6.07 Å². The predicted molar refractivity (Wildman–Crippen MR) is 102 cm³/mol. The van der Waals surface area contributed by atoms with Gasteiger partial charge in [-0.2, -0.15) is 14.0 Å². The van der Waals surface area contributed by atoms with Gasteiger partial charge in [-0.1, -0.05) is 12.1 Å². The largest absolute Gasteiger partial charge is 0.454 e. The number of nitrogens with zero attached hydrogens (tertiary/aromatic N) is 2. The van der Waals surface area contributed by atoms with E-state index in [1.807, 2.05) is 13.0 Å². The summed E-state index contributed by atoms with van der Waals surface area (Å²) in [5.74, 6) is 1.34. The monoisotopic (exact) mass is 402 g/mol. The third-order valence-corrected chi connectivity index (χ3v) is 4.04. The first-order valence-electron chi connectivity index (χ1n) is 8.97. The molecule has 0 aromatic heterocycles. The summed E-state index contributed by atoms with van der Waals surface area (Å²) < 4.78 is 40.7. The Morgan fingerprint density at radius 2 is 2.03 bits per heavy atom. The second kappa shape index (κ2) is 9.59. The SMILES string of the molecule is CCNC(=NCc1cccc(C#N)c1)NCc1cc2c(cc1OC(F)F)OCO2. The molecule has 0 saturated heterocycles. The molecular formula is C20H20F2N4O3. The van der Waals surface area contributed by atoms with Crippen LogP contribution in [-0.2, 0) is 13.1 Å². The highest BCUT2D eigenvalue weighted by Gasteiger charge is 2.20. The van der Waals surface area contributed by atoms with Gasteiger partial charge in [-0.15, -0.1) is 0 Å². The van der Waals surface area contributed by atoms with Crippen molar-refractivity contribution in [3.8, 4) is 23.3 Å². The van der Waals surface area contributed by atoms with E-state index in [0.717, 1.165) is 5.56 Å². The molecule has 1 aliphatic heterocycles. The molecule has 2 aromatic rings. The fourth-order valence-corrected chi connectivity index (χ4v) is 2.74. The molecule has 0 radical (unpaired) electrons. The van der Waals surface area contributed by atoms with Gasteiger partial charge in [0.25, 0.3) is 0 Å². The van der Waals surface area contributed by atoms with Gasteiger partial charge < -0.3 is 24.8 Å². The Kier molecular flexibility index (Phi) is 6.68. The van der Waals surface area contributed by atoms with E-state index in [-0.39, 0.29) is 19.1 Å². The molecule has 7 nitrogen and oxygen atoms in total. The summed E-state index contributed by atoms with van der Waals surface area (Å²) >= 11 is 0. The number of alkyl halides is 2. The van der Waals surface area contributed by atoms with Crippen molar-refractivity contribution in [3.05, 3.63) is 53.1 Å². The third-order valence-electron chi connectivity index (χ3n) is 4.04. The van der Waals surface area contributed by atoms with Crippen molar-refractivity contribution < 1.29 is 23.0 Å². The van der Waals surface area contributed by atoms with Crippen LogP contribution < -0.4 is 24.8 Å². The van der Waals surface area contributed by atoms with Crippen molar-refractivity contribution in [2.24, 2.45) is 4.99 Å². The summed E-state index contributed by atoms with van der Waals surface area (Å²) in [5, 5.41) is 15.2. The average Bonchev–Trinajstić information content (AvgIpc) is 3.17. The van der Waals surface area contributed by atoms with Crippen LogP contribution in [0, 0.1) is 11.3 Å². The molecule has 3 rings (SSSR count). The van der Waals surface area contributed by atoms with Crippen molar-refractivity contribution >= 4 is 5.96 Å². The van der Waals surface area contributed by atoms with Gasteiger partial charge in [0.1, 0.15) is 5.75 Å². The Morgan fingerprint density at radius 1 is 1.24 bits per heavy atom. The molecule has 29 heavy (non-hydrogen) atoms. The van der Waals surface area contributed by atoms with E-state index < -0.39 is 6.61 Å². The number of hydrogen-bond donors (Lipinski definition) is 2. The summed E-state index contributed by atoms with van der Waals surface area (Å²) in [6, 6.07) is 12.2. The standard InChI is InChI=1S/C20H20F2N4O3/c1-2-24-20(25-10-14-5-3-4-13(6-14)9-23)26-11-15-7-17-18(28-12-27-17)8-16(15)29-19(21)22/h3-8,19H,2,10-12H2,1H3,(H2,24,25,26). The number of aliphatic imine (C=N–C) groups is 1. The molecule has 9 heteroatoms. The molecular weight excluding hydrogens is 382 g/mol. The third kappa shape index (κ3) is 5.48. The Labute approximate surface area is 166 Å². The van der Waals surface area contributed by atoms with E-state index in [4.69, 9.17) is 14.7 Å². The fourth-order valence-electron chi connectivity index (χ4n) is 2.74. The summed E-state index contributed by atoms with van der Waals surface area (Å²) in [7, 11) is 0. The quantitative estimate of drug-likeness (QED) is 0.547. The molecule has 152 valence electrons. The first-order valence-corrected chi connectivity index (χ1v) is 8.97. The van der Waals surface area contributed by atoms with E-state index in [1.54, 1.807) is 24.3 Å². The van der Waals surface area contributed by atoms with Gasteiger partial charge in [0.05, 0.1) is 18.2 Å². The normalized spacial score (nSPS) is 12.6. The van der Waals surface area contributed by atoms with Crippen LogP contribution in [0.4, 0.5) is 8.78 Å². The van der Waals surface area contributed by atoms with Crippen LogP contribution in [-0.4, -0.2) is 25.9 Å². The van der Waals surface area contributed by atoms with E-state index in [2.05, 4.69) is 26.4 Å². The molecule has 0 saturated carbocycles. The lowest BCUT2D eigenvalue weighted by atomic mass is 10.1. The number of ether oxygens (including phenoxy) is 3. The number of nitriles is 1. The van der Waals surface area contributed by atoms with Crippen molar-refractivity contribution in [2.45, 2.75) is 26.6 Å². The number of nitrogens with one attached hydrogen (secondary N) is 2. The first kappa shape index (κ1) is 20.2. The van der Waals surface area contributed by atoms with Gasteiger partial charge in [0.15, 0.2) is 17.5 Å².